The molecule has 1 heterocycles. The fourth-order valence-corrected chi connectivity index (χ4v) is 1.92. The lowest BCUT2D eigenvalue weighted by molar-refractivity contribution is 0.701. The van der Waals surface area contributed by atoms with Gasteiger partial charge in [0, 0.05) is 25.0 Å². The predicted octanol–water partition coefficient (Wildman–Crippen LogP) is 2.12. The highest BCUT2D eigenvalue weighted by Crippen LogP contribution is 2.14. The van der Waals surface area contributed by atoms with Gasteiger partial charge in [-0.3, -0.25) is 4.68 Å². The molecular formula is C12H14ClN3. The Hall–Kier alpha value is -1.32. The standard InChI is InChI=1S/C12H14ClN3/c1-16-12(8-14)7-11(15-16)6-9-3-2-4-10(13)5-9/h2-5,7H,6,8,14H2,1H3. The molecule has 2 rings (SSSR count). The molecule has 2 N–H and O–H groups in total. The lowest BCUT2D eigenvalue weighted by Gasteiger charge is -1.98. The highest BCUT2D eigenvalue weighted by atomic mass is 35.5. The summed E-state index contributed by atoms with van der Waals surface area (Å²) in [6, 6.07) is 9.85. The molecule has 0 bridgehead atoms. The molecule has 0 radical (unpaired) electrons. The predicted molar refractivity (Wildman–Crippen MR) is 65.4 cm³/mol. The van der Waals surface area contributed by atoms with Crippen LogP contribution in [0.25, 0.3) is 0 Å². The number of benzene rings is 1. The summed E-state index contributed by atoms with van der Waals surface area (Å²) in [5.41, 5.74) is 8.82. The van der Waals surface area contributed by atoms with E-state index < -0.39 is 0 Å². The average molecular weight is 236 g/mol. The summed E-state index contributed by atoms with van der Waals surface area (Å²) in [7, 11) is 1.91. The average Bonchev–Trinajstić information content (AvgIpc) is 2.58. The highest BCUT2D eigenvalue weighted by molar-refractivity contribution is 6.30. The number of nitrogens with zero attached hydrogens (tertiary/aromatic N) is 2. The monoisotopic (exact) mass is 235 g/mol. The Kier molecular flexibility index (Phi) is 3.27. The zero-order valence-electron chi connectivity index (χ0n) is 9.15. The number of hydrogen-bond donors (Lipinski definition) is 1. The zero-order valence-corrected chi connectivity index (χ0v) is 9.91. The van der Waals surface area contributed by atoms with Crippen molar-refractivity contribution >= 4 is 11.6 Å². The smallest absolute Gasteiger partial charge is 0.0671 e. The third-order valence-electron chi connectivity index (χ3n) is 2.51. The maximum atomic E-state index is 5.93. The largest absolute Gasteiger partial charge is 0.325 e. The fraction of sp³-hybridized carbons (Fsp3) is 0.250. The first kappa shape index (κ1) is 11.2. The first-order valence-electron chi connectivity index (χ1n) is 5.15. The molecule has 4 heteroatoms. The molecule has 1 aromatic heterocycles. The normalized spacial score (nSPS) is 10.7. The van der Waals surface area contributed by atoms with Gasteiger partial charge in [0.1, 0.15) is 0 Å². The molecule has 16 heavy (non-hydrogen) atoms. The Labute approximate surface area is 99.8 Å². The van der Waals surface area contributed by atoms with E-state index in [1.807, 2.05) is 42.1 Å². The Morgan fingerprint density at radius 2 is 2.19 bits per heavy atom. The summed E-state index contributed by atoms with van der Waals surface area (Å²) in [6.45, 7) is 0.513. The maximum Gasteiger partial charge on any atom is 0.0671 e. The molecule has 0 spiro atoms. The zero-order chi connectivity index (χ0) is 11.5. The summed E-state index contributed by atoms with van der Waals surface area (Å²) >= 11 is 5.93. The van der Waals surface area contributed by atoms with Gasteiger partial charge in [-0.2, -0.15) is 5.10 Å². The Bertz CT molecular complexity index is 491. The molecule has 0 atom stereocenters. The molecular weight excluding hydrogens is 222 g/mol. The van der Waals surface area contributed by atoms with Crippen LogP contribution in [0.2, 0.25) is 5.02 Å². The van der Waals surface area contributed by atoms with Crippen molar-refractivity contribution in [3.63, 3.8) is 0 Å². The van der Waals surface area contributed by atoms with Crippen molar-refractivity contribution in [1.82, 2.24) is 9.78 Å². The minimum atomic E-state index is 0.513. The van der Waals surface area contributed by atoms with Gasteiger partial charge in [0.2, 0.25) is 0 Å². The van der Waals surface area contributed by atoms with E-state index >= 15 is 0 Å². The first-order valence-corrected chi connectivity index (χ1v) is 5.53. The molecule has 0 amide bonds. The number of nitrogens with two attached hydrogens (primary N) is 1. The van der Waals surface area contributed by atoms with E-state index in [0.717, 1.165) is 28.4 Å². The van der Waals surface area contributed by atoms with Gasteiger partial charge in [0.05, 0.1) is 11.4 Å². The van der Waals surface area contributed by atoms with E-state index in [1.54, 1.807) is 0 Å². The van der Waals surface area contributed by atoms with Gasteiger partial charge in [0.15, 0.2) is 0 Å². The first-order chi connectivity index (χ1) is 7.69. The Morgan fingerprint density at radius 1 is 1.38 bits per heavy atom. The van der Waals surface area contributed by atoms with Crippen LogP contribution in [0.4, 0.5) is 0 Å². The fourth-order valence-electron chi connectivity index (χ4n) is 1.70. The topological polar surface area (TPSA) is 43.8 Å². The van der Waals surface area contributed by atoms with Crippen LogP contribution in [0, 0.1) is 0 Å². The summed E-state index contributed by atoms with van der Waals surface area (Å²) in [5.74, 6) is 0. The molecule has 0 aliphatic rings. The van der Waals surface area contributed by atoms with Crippen LogP contribution >= 0.6 is 11.6 Å². The molecule has 0 aliphatic heterocycles. The van der Waals surface area contributed by atoms with Crippen molar-refractivity contribution in [2.75, 3.05) is 0 Å². The minimum Gasteiger partial charge on any atom is -0.325 e. The molecule has 0 unspecified atom stereocenters. The molecule has 3 nitrogen and oxygen atoms in total. The van der Waals surface area contributed by atoms with Crippen molar-refractivity contribution in [2.45, 2.75) is 13.0 Å². The lowest BCUT2D eigenvalue weighted by Crippen LogP contribution is -2.03. The van der Waals surface area contributed by atoms with Crippen LogP contribution in [0.1, 0.15) is 17.0 Å². The lowest BCUT2D eigenvalue weighted by atomic mass is 10.1. The van der Waals surface area contributed by atoms with Crippen LogP contribution in [0.15, 0.2) is 30.3 Å². The molecule has 0 fully saturated rings. The third kappa shape index (κ3) is 2.43. The van der Waals surface area contributed by atoms with E-state index in [2.05, 4.69) is 5.10 Å². The van der Waals surface area contributed by atoms with Crippen LogP contribution < -0.4 is 5.73 Å². The van der Waals surface area contributed by atoms with Gasteiger partial charge in [-0.05, 0) is 23.8 Å². The van der Waals surface area contributed by atoms with Crippen molar-refractivity contribution in [3.05, 3.63) is 52.3 Å². The van der Waals surface area contributed by atoms with Crippen molar-refractivity contribution in [2.24, 2.45) is 12.8 Å². The summed E-state index contributed by atoms with van der Waals surface area (Å²) in [6.07, 6.45) is 0.786. The second-order valence-corrected chi connectivity index (χ2v) is 4.20. The molecule has 0 saturated heterocycles. The van der Waals surface area contributed by atoms with Crippen molar-refractivity contribution in [1.29, 1.82) is 0 Å². The second-order valence-electron chi connectivity index (χ2n) is 3.76. The third-order valence-corrected chi connectivity index (χ3v) is 2.75. The molecule has 2 aromatic rings. The number of aromatic nitrogens is 2. The second kappa shape index (κ2) is 4.68. The van der Waals surface area contributed by atoms with E-state index in [-0.39, 0.29) is 0 Å². The highest BCUT2D eigenvalue weighted by Gasteiger charge is 2.04. The van der Waals surface area contributed by atoms with E-state index in [0.29, 0.717) is 6.54 Å². The number of aryl methyl sites for hydroxylation is 1. The van der Waals surface area contributed by atoms with E-state index in [4.69, 9.17) is 17.3 Å². The number of rotatable bonds is 3. The summed E-state index contributed by atoms with van der Waals surface area (Å²) < 4.78 is 1.82. The maximum absolute atomic E-state index is 5.93. The molecule has 0 saturated carbocycles. The quantitative estimate of drug-likeness (QED) is 0.886. The molecule has 0 aliphatic carbocycles. The van der Waals surface area contributed by atoms with Gasteiger partial charge in [-0.15, -0.1) is 0 Å². The van der Waals surface area contributed by atoms with Crippen LogP contribution in [0.3, 0.4) is 0 Å². The molecule has 1 aromatic carbocycles. The van der Waals surface area contributed by atoms with Gasteiger partial charge in [0.25, 0.3) is 0 Å². The van der Waals surface area contributed by atoms with Gasteiger partial charge >= 0.3 is 0 Å². The number of hydrogen-bond acceptors (Lipinski definition) is 2. The van der Waals surface area contributed by atoms with Gasteiger partial charge in [-0.25, -0.2) is 0 Å². The van der Waals surface area contributed by atoms with Gasteiger partial charge in [-0.1, -0.05) is 23.7 Å². The van der Waals surface area contributed by atoms with Crippen LogP contribution in [0.5, 0.6) is 0 Å². The SMILES string of the molecule is Cn1nc(Cc2cccc(Cl)c2)cc1CN. The van der Waals surface area contributed by atoms with Crippen molar-refractivity contribution in [3.8, 4) is 0 Å². The summed E-state index contributed by atoms with van der Waals surface area (Å²) in [4.78, 5) is 0. The minimum absolute atomic E-state index is 0.513. The van der Waals surface area contributed by atoms with Crippen molar-refractivity contribution < 1.29 is 0 Å². The molecule has 84 valence electrons. The Morgan fingerprint density at radius 3 is 2.81 bits per heavy atom. The van der Waals surface area contributed by atoms with Crippen LogP contribution in [-0.2, 0) is 20.0 Å². The summed E-state index contributed by atoms with van der Waals surface area (Å²) in [5, 5.41) is 5.16. The number of halogens is 1. The van der Waals surface area contributed by atoms with E-state index in [1.165, 1.54) is 0 Å². The Balaban J connectivity index is 2.20. The van der Waals surface area contributed by atoms with E-state index in [9.17, 15) is 0 Å². The van der Waals surface area contributed by atoms with Crippen LogP contribution in [-0.4, -0.2) is 9.78 Å². The van der Waals surface area contributed by atoms with Gasteiger partial charge < -0.3 is 5.73 Å².